The van der Waals surface area contributed by atoms with E-state index in [1.165, 1.54) is 0 Å². The van der Waals surface area contributed by atoms with E-state index < -0.39 is 0 Å². The van der Waals surface area contributed by atoms with Gasteiger partial charge in [0.25, 0.3) is 5.91 Å². The number of piperazine rings is 1. The van der Waals surface area contributed by atoms with Crippen molar-refractivity contribution < 1.29 is 4.79 Å². The maximum absolute atomic E-state index is 12.8. The molecule has 2 aromatic rings. The van der Waals surface area contributed by atoms with E-state index in [1.54, 1.807) is 0 Å². The lowest BCUT2D eigenvalue weighted by atomic mass is 10.1. The quantitative estimate of drug-likeness (QED) is 0.868. The van der Waals surface area contributed by atoms with Crippen LogP contribution in [0.3, 0.4) is 0 Å². The molecule has 0 bridgehead atoms. The topological polar surface area (TPSA) is 77.2 Å². The maximum Gasteiger partial charge on any atom is 0.253 e. The molecule has 132 valence electrons. The van der Waals surface area contributed by atoms with E-state index in [9.17, 15) is 4.79 Å². The van der Waals surface area contributed by atoms with Gasteiger partial charge in [-0.05, 0) is 25.5 Å². The molecular weight excluding hydrogens is 316 g/mol. The molecule has 0 radical (unpaired) electrons. The summed E-state index contributed by atoms with van der Waals surface area (Å²) in [7, 11) is 0. The molecule has 0 spiro atoms. The number of amides is 1. The third-order valence-electron chi connectivity index (χ3n) is 5.11. The van der Waals surface area contributed by atoms with Crippen molar-refractivity contribution in [2.75, 3.05) is 39.3 Å². The number of aromatic amines is 1. The summed E-state index contributed by atoms with van der Waals surface area (Å²) in [5, 5.41) is 10.4. The van der Waals surface area contributed by atoms with Crippen LogP contribution in [0.4, 0.5) is 0 Å². The van der Waals surface area contributed by atoms with Crippen LogP contribution in [0, 0.1) is 6.92 Å². The molecule has 0 saturated carbocycles. The van der Waals surface area contributed by atoms with Gasteiger partial charge in [-0.3, -0.25) is 14.8 Å². The molecule has 2 saturated heterocycles. The number of nitrogens with zero attached hydrogens (tertiary/aromatic N) is 4. The molecule has 1 atom stereocenters. The molecule has 1 aromatic carbocycles. The lowest BCUT2D eigenvalue weighted by molar-refractivity contribution is 0.0773. The van der Waals surface area contributed by atoms with E-state index in [4.69, 9.17) is 0 Å². The smallest absolute Gasteiger partial charge is 0.253 e. The minimum Gasteiger partial charge on any atom is -0.337 e. The second kappa shape index (κ2) is 6.93. The SMILES string of the molecule is Cc1nc(-c2ccc(C(=O)N3CCC(N4CCNCC4)C3)cc2)n[nH]1. The average molecular weight is 340 g/mol. The number of nitrogens with one attached hydrogen (secondary N) is 2. The van der Waals surface area contributed by atoms with Gasteiger partial charge in [-0.1, -0.05) is 12.1 Å². The minimum absolute atomic E-state index is 0.121. The summed E-state index contributed by atoms with van der Waals surface area (Å²) in [6.45, 7) is 7.81. The van der Waals surface area contributed by atoms with Crippen LogP contribution in [0.5, 0.6) is 0 Å². The van der Waals surface area contributed by atoms with E-state index in [-0.39, 0.29) is 5.91 Å². The summed E-state index contributed by atoms with van der Waals surface area (Å²) in [6.07, 6.45) is 1.07. The number of carbonyl (C=O) groups is 1. The highest BCUT2D eigenvalue weighted by Gasteiger charge is 2.31. The number of hydrogen-bond donors (Lipinski definition) is 2. The number of carbonyl (C=O) groups excluding carboxylic acids is 1. The van der Waals surface area contributed by atoms with Crippen molar-refractivity contribution in [3.63, 3.8) is 0 Å². The van der Waals surface area contributed by atoms with E-state index in [1.807, 2.05) is 36.1 Å². The highest BCUT2D eigenvalue weighted by molar-refractivity contribution is 5.94. The zero-order valence-electron chi connectivity index (χ0n) is 14.5. The number of H-pyrrole nitrogens is 1. The molecule has 2 aliphatic rings. The van der Waals surface area contributed by atoms with Crippen LogP contribution >= 0.6 is 0 Å². The third kappa shape index (κ3) is 3.43. The van der Waals surface area contributed by atoms with Crippen molar-refractivity contribution in [2.24, 2.45) is 0 Å². The van der Waals surface area contributed by atoms with E-state index >= 15 is 0 Å². The first-order valence-corrected chi connectivity index (χ1v) is 8.94. The average Bonchev–Trinajstić information content (AvgIpc) is 3.31. The number of hydrogen-bond acceptors (Lipinski definition) is 5. The Labute approximate surface area is 147 Å². The Morgan fingerprint density at radius 3 is 2.60 bits per heavy atom. The van der Waals surface area contributed by atoms with E-state index in [2.05, 4.69) is 25.4 Å². The zero-order chi connectivity index (χ0) is 17.2. The van der Waals surface area contributed by atoms with Crippen LogP contribution in [0.15, 0.2) is 24.3 Å². The van der Waals surface area contributed by atoms with Gasteiger partial charge in [-0.25, -0.2) is 4.98 Å². The molecule has 7 heteroatoms. The standard InChI is InChI=1S/C18H24N6O/c1-13-20-17(22-21-13)14-2-4-15(5-3-14)18(25)24-9-6-16(12-24)23-10-7-19-8-11-23/h2-5,16,19H,6-12H2,1H3,(H,20,21,22). The van der Waals surface area contributed by atoms with Gasteiger partial charge in [0.2, 0.25) is 0 Å². The fraction of sp³-hybridized carbons (Fsp3) is 0.500. The normalized spacial score (nSPS) is 21.6. The molecule has 3 heterocycles. The van der Waals surface area contributed by atoms with Gasteiger partial charge in [-0.2, -0.15) is 5.10 Å². The molecule has 1 unspecified atom stereocenters. The number of aryl methyl sites for hydroxylation is 1. The van der Waals surface area contributed by atoms with E-state index in [0.29, 0.717) is 11.9 Å². The van der Waals surface area contributed by atoms with Gasteiger partial charge in [0.15, 0.2) is 5.82 Å². The minimum atomic E-state index is 0.121. The number of aromatic nitrogens is 3. The first-order valence-electron chi connectivity index (χ1n) is 8.94. The molecular formula is C18H24N6O. The summed E-state index contributed by atoms with van der Waals surface area (Å²) >= 11 is 0. The van der Waals surface area contributed by atoms with Gasteiger partial charge in [0.1, 0.15) is 5.82 Å². The van der Waals surface area contributed by atoms with E-state index in [0.717, 1.165) is 62.6 Å². The van der Waals surface area contributed by atoms with Gasteiger partial charge in [0, 0.05) is 56.4 Å². The second-order valence-electron chi connectivity index (χ2n) is 6.80. The molecule has 4 rings (SSSR count). The van der Waals surface area contributed by atoms with Gasteiger partial charge in [0.05, 0.1) is 0 Å². The molecule has 2 fully saturated rings. The molecule has 25 heavy (non-hydrogen) atoms. The third-order valence-corrected chi connectivity index (χ3v) is 5.11. The molecule has 7 nitrogen and oxygen atoms in total. The number of rotatable bonds is 3. The first kappa shape index (κ1) is 16.2. The number of likely N-dealkylation sites (tertiary alicyclic amines) is 1. The van der Waals surface area contributed by atoms with Gasteiger partial charge < -0.3 is 10.2 Å². The Hall–Kier alpha value is -2.25. The summed E-state index contributed by atoms with van der Waals surface area (Å²) in [5.41, 5.74) is 1.65. The highest BCUT2D eigenvalue weighted by atomic mass is 16.2. The van der Waals surface area contributed by atoms with Gasteiger partial charge in [-0.15, -0.1) is 0 Å². The number of benzene rings is 1. The monoisotopic (exact) mass is 340 g/mol. The van der Waals surface area contributed by atoms with Crippen molar-refractivity contribution in [3.8, 4) is 11.4 Å². The molecule has 2 aliphatic heterocycles. The predicted octanol–water partition coefficient (Wildman–Crippen LogP) is 0.900. The lowest BCUT2D eigenvalue weighted by Crippen LogP contribution is -2.49. The van der Waals surface area contributed by atoms with Crippen molar-refractivity contribution in [1.82, 2.24) is 30.3 Å². The highest BCUT2D eigenvalue weighted by Crippen LogP contribution is 2.20. The van der Waals surface area contributed by atoms with Crippen LogP contribution in [0.25, 0.3) is 11.4 Å². The zero-order valence-corrected chi connectivity index (χ0v) is 14.5. The Bertz CT molecular complexity index is 734. The van der Waals surface area contributed by atoms with Crippen molar-refractivity contribution in [3.05, 3.63) is 35.7 Å². The van der Waals surface area contributed by atoms with Crippen LogP contribution in [-0.2, 0) is 0 Å². The van der Waals surface area contributed by atoms with Crippen LogP contribution in [0.2, 0.25) is 0 Å². The Balaban J connectivity index is 1.41. The second-order valence-corrected chi connectivity index (χ2v) is 6.80. The largest absolute Gasteiger partial charge is 0.337 e. The van der Waals surface area contributed by atoms with Gasteiger partial charge >= 0.3 is 0 Å². The summed E-state index contributed by atoms with van der Waals surface area (Å²) in [5.74, 6) is 1.57. The maximum atomic E-state index is 12.8. The lowest BCUT2D eigenvalue weighted by Gasteiger charge is -2.32. The predicted molar refractivity (Wildman–Crippen MR) is 95.3 cm³/mol. The first-order chi connectivity index (χ1) is 12.2. The molecule has 0 aliphatic carbocycles. The van der Waals surface area contributed by atoms with Crippen molar-refractivity contribution in [2.45, 2.75) is 19.4 Å². The molecule has 2 N–H and O–H groups in total. The van der Waals surface area contributed by atoms with Crippen molar-refractivity contribution in [1.29, 1.82) is 0 Å². The molecule has 1 aromatic heterocycles. The van der Waals surface area contributed by atoms with Crippen LogP contribution in [-0.4, -0.2) is 76.2 Å². The van der Waals surface area contributed by atoms with Crippen LogP contribution < -0.4 is 5.32 Å². The Morgan fingerprint density at radius 2 is 1.92 bits per heavy atom. The van der Waals surface area contributed by atoms with Crippen molar-refractivity contribution >= 4 is 5.91 Å². The summed E-state index contributed by atoms with van der Waals surface area (Å²) < 4.78 is 0. The fourth-order valence-corrected chi connectivity index (χ4v) is 3.69. The fourth-order valence-electron chi connectivity index (χ4n) is 3.69. The van der Waals surface area contributed by atoms with Crippen LogP contribution in [0.1, 0.15) is 22.6 Å². The Morgan fingerprint density at radius 1 is 1.16 bits per heavy atom. The summed E-state index contributed by atoms with van der Waals surface area (Å²) in [6, 6.07) is 8.09. The molecule has 1 amide bonds. The summed E-state index contributed by atoms with van der Waals surface area (Å²) in [4.78, 5) is 21.6. The Kier molecular flexibility index (Phi) is 4.50.